The number of carbonyl (C=O) groups is 1. The molecular formula is C14H22N4OS. The number of rotatable bonds is 5. The van der Waals surface area contributed by atoms with E-state index in [9.17, 15) is 4.79 Å². The van der Waals surface area contributed by atoms with Crippen molar-refractivity contribution in [3.8, 4) is 0 Å². The predicted octanol–water partition coefficient (Wildman–Crippen LogP) is 2.34. The molecule has 1 saturated heterocycles. The molecule has 2 fully saturated rings. The minimum Gasteiger partial charge on any atom is -0.382 e. The summed E-state index contributed by atoms with van der Waals surface area (Å²) in [6, 6.07) is 0.430. The molecule has 0 spiro atoms. The summed E-state index contributed by atoms with van der Waals surface area (Å²) in [4.78, 5) is 21.9. The van der Waals surface area contributed by atoms with Gasteiger partial charge in [-0.15, -0.1) is 0 Å². The van der Waals surface area contributed by atoms with Crippen molar-refractivity contribution in [1.29, 1.82) is 0 Å². The number of amides is 1. The first-order valence-electron chi connectivity index (χ1n) is 7.53. The minimum absolute atomic E-state index is 0.0785. The van der Waals surface area contributed by atoms with Gasteiger partial charge in [0.05, 0.1) is 0 Å². The van der Waals surface area contributed by atoms with E-state index in [1.165, 1.54) is 24.2 Å². The molecule has 1 amide bonds. The molecule has 1 aliphatic carbocycles. The maximum atomic E-state index is 12.7. The van der Waals surface area contributed by atoms with Gasteiger partial charge in [0.1, 0.15) is 10.7 Å². The summed E-state index contributed by atoms with van der Waals surface area (Å²) in [6.45, 7) is 4.98. The highest BCUT2D eigenvalue weighted by molar-refractivity contribution is 7.18. The minimum atomic E-state index is 0.0785. The van der Waals surface area contributed by atoms with Crippen molar-refractivity contribution in [1.82, 2.24) is 9.88 Å². The average molecular weight is 294 g/mol. The monoisotopic (exact) mass is 294 g/mol. The topological polar surface area (TPSA) is 62.5 Å². The molecule has 0 bridgehead atoms. The molecule has 1 aromatic rings. The van der Waals surface area contributed by atoms with Crippen LogP contribution in [0.15, 0.2) is 0 Å². The number of anilines is 2. The van der Waals surface area contributed by atoms with Gasteiger partial charge in [0.2, 0.25) is 0 Å². The van der Waals surface area contributed by atoms with Crippen molar-refractivity contribution >= 4 is 28.2 Å². The molecule has 0 unspecified atom stereocenters. The second-order valence-electron chi connectivity index (χ2n) is 5.63. The largest absolute Gasteiger partial charge is 0.382 e. The van der Waals surface area contributed by atoms with Crippen molar-refractivity contribution in [2.75, 3.05) is 30.3 Å². The van der Waals surface area contributed by atoms with Gasteiger partial charge in [0.25, 0.3) is 5.91 Å². The second kappa shape index (κ2) is 5.60. The Hall–Kier alpha value is -1.30. The summed E-state index contributed by atoms with van der Waals surface area (Å²) in [7, 11) is 0. The Morgan fingerprint density at radius 2 is 2.15 bits per heavy atom. The highest BCUT2D eigenvalue weighted by atomic mass is 32.1. The van der Waals surface area contributed by atoms with Gasteiger partial charge in [-0.1, -0.05) is 18.3 Å². The van der Waals surface area contributed by atoms with Gasteiger partial charge in [-0.25, -0.2) is 4.98 Å². The van der Waals surface area contributed by atoms with Gasteiger partial charge in [-0.05, 0) is 32.1 Å². The average Bonchev–Trinajstić information content (AvgIpc) is 2.98. The molecule has 1 aliphatic heterocycles. The SMILES string of the molecule is CCCN(C(=O)c1sc(N2CCCC2)nc1N)C1CC1. The van der Waals surface area contributed by atoms with Gasteiger partial charge in [-0.3, -0.25) is 4.79 Å². The number of thiazole rings is 1. The van der Waals surface area contributed by atoms with Gasteiger partial charge >= 0.3 is 0 Å². The van der Waals surface area contributed by atoms with E-state index in [1.807, 2.05) is 4.90 Å². The fourth-order valence-corrected chi connectivity index (χ4v) is 3.72. The lowest BCUT2D eigenvalue weighted by atomic mass is 10.3. The van der Waals surface area contributed by atoms with Crippen molar-refractivity contribution in [3.63, 3.8) is 0 Å². The normalized spacial score (nSPS) is 18.6. The Labute approximate surface area is 123 Å². The van der Waals surface area contributed by atoms with Crippen molar-refractivity contribution in [3.05, 3.63) is 4.88 Å². The summed E-state index contributed by atoms with van der Waals surface area (Å²) in [5, 5.41) is 0.913. The zero-order valence-electron chi connectivity index (χ0n) is 12.0. The summed E-state index contributed by atoms with van der Waals surface area (Å²) in [6.07, 6.45) is 5.65. The number of hydrogen-bond donors (Lipinski definition) is 1. The summed E-state index contributed by atoms with van der Waals surface area (Å²) in [5.74, 6) is 0.485. The van der Waals surface area contributed by atoms with Crippen LogP contribution < -0.4 is 10.6 Å². The van der Waals surface area contributed by atoms with Crippen LogP contribution in [-0.2, 0) is 0 Å². The number of aromatic nitrogens is 1. The molecular weight excluding hydrogens is 272 g/mol. The van der Waals surface area contributed by atoms with E-state index < -0.39 is 0 Å². The van der Waals surface area contributed by atoms with Crippen molar-refractivity contribution < 1.29 is 4.79 Å². The maximum absolute atomic E-state index is 12.7. The molecule has 2 N–H and O–H groups in total. The van der Waals surface area contributed by atoms with E-state index in [0.29, 0.717) is 16.7 Å². The highest BCUT2D eigenvalue weighted by Crippen LogP contribution is 2.34. The van der Waals surface area contributed by atoms with E-state index in [0.717, 1.165) is 44.0 Å². The Balaban J connectivity index is 1.79. The summed E-state index contributed by atoms with van der Waals surface area (Å²) < 4.78 is 0. The van der Waals surface area contributed by atoms with Gasteiger partial charge in [-0.2, -0.15) is 0 Å². The molecule has 0 aromatic carbocycles. The van der Waals surface area contributed by atoms with Crippen LogP contribution in [0.4, 0.5) is 10.9 Å². The van der Waals surface area contributed by atoms with Crippen LogP contribution in [0.25, 0.3) is 0 Å². The molecule has 5 nitrogen and oxygen atoms in total. The van der Waals surface area contributed by atoms with Gasteiger partial charge in [0.15, 0.2) is 5.13 Å². The van der Waals surface area contributed by atoms with Crippen LogP contribution in [0.3, 0.4) is 0 Å². The Kier molecular flexibility index (Phi) is 3.83. The van der Waals surface area contributed by atoms with Crippen LogP contribution in [-0.4, -0.2) is 41.5 Å². The Bertz CT molecular complexity index is 491. The first kappa shape index (κ1) is 13.7. The lowest BCUT2D eigenvalue weighted by Crippen LogP contribution is -2.33. The predicted molar refractivity (Wildman–Crippen MR) is 82.3 cm³/mol. The third kappa shape index (κ3) is 2.61. The lowest BCUT2D eigenvalue weighted by Gasteiger charge is -2.20. The second-order valence-corrected chi connectivity index (χ2v) is 6.61. The molecule has 1 saturated carbocycles. The standard InChI is InChI=1S/C14H22N4OS/c1-2-7-18(10-5-6-10)13(19)11-12(15)16-14(20-11)17-8-3-4-9-17/h10H,2-9,15H2,1H3. The third-order valence-corrected chi connectivity index (χ3v) is 5.05. The molecule has 6 heteroatoms. The molecule has 1 aromatic heterocycles. The van der Waals surface area contributed by atoms with Crippen molar-refractivity contribution in [2.24, 2.45) is 0 Å². The smallest absolute Gasteiger partial charge is 0.268 e. The van der Waals surface area contributed by atoms with E-state index in [-0.39, 0.29) is 5.91 Å². The van der Waals surface area contributed by atoms with E-state index >= 15 is 0 Å². The summed E-state index contributed by atoms with van der Waals surface area (Å²) >= 11 is 1.46. The fraction of sp³-hybridized carbons (Fsp3) is 0.714. The Morgan fingerprint density at radius 1 is 1.45 bits per heavy atom. The molecule has 2 heterocycles. The number of carbonyl (C=O) groups excluding carboxylic acids is 1. The van der Waals surface area contributed by atoms with E-state index in [4.69, 9.17) is 5.73 Å². The zero-order chi connectivity index (χ0) is 14.1. The van der Waals surface area contributed by atoms with E-state index in [2.05, 4.69) is 16.8 Å². The van der Waals surface area contributed by atoms with Crippen LogP contribution in [0.1, 0.15) is 48.7 Å². The first-order valence-corrected chi connectivity index (χ1v) is 8.34. The zero-order valence-corrected chi connectivity index (χ0v) is 12.8. The Morgan fingerprint density at radius 3 is 2.75 bits per heavy atom. The molecule has 0 atom stereocenters. The highest BCUT2D eigenvalue weighted by Gasteiger charge is 2.34. The first-order chi connectivity index (χ1) is 9.70. The fourth-order valence-electron chi connectivity index (χ4n) is 2.72. The number of nitrogens with zero attached hydrogens (tertiary/aromatic N) is 3. The molecule has 20 heavy (non-hydrogen) atoms. The van der Waals surface area contributed by atoms with Crippen LogP contribution in [0.5, 0.6) is 0 Å². The number of hydrogen-bond acceptors (Lipinski definition) is 5. The maximum Gasteiger partial charge on any atom is 0.268 e. The summed E-state index contributed by atoms with van der Waals surface area (Å²) in [5.41, 5.74) is 5.99. The van der Waals surface area contributed by atoms with E-state index in [1.54, 1.807) is 0 Å². The van der Waals surface area contributed by atoms with Crippen LogP contribution >= 0.6 is 11.3 Å². The molecule has 110 valence electrons. The van der Waals surface area contributed by atoms with Crippen LogP contribution in [0.2, 0.25) is 0 Å². The third-order valence-electron chi connectivity index (χ3n) is 3.93. The number of nitrogens with two attached hydrogens (primary N) is 1. The van der Waals surface area contributed by atoms with Gasteiger partial charge < -0.3 is 15.5 Å². The quantitative estimate of drug-likeness (QED) is 0.905. The van der Waals surface area contributed by atoms with Crippen LogP contribution in [0, 0.1) is 0 Å². The van der Waals surface area contributed by atoms with Crippen molar-refractivity contribution in [2.45, 2.75) is 45.1 Å². The molecule has 2 aliphatic rings. The number of nitrogen functional groups attached to an aromatic ring is 1. The molecule has 0 radical (unpaired) electrons. The lowest BCUT2D eigenvalue weighted by molar-refractivity contribution is 0.0749. The van der Waals surface area contributed by atoms with Gasteiger partial charge in [0, 0.05) is 25.7 Å². The molecule has 3 rings (SSSR count).